The van der Waals surface area contributed by atoms with Crippen molar-refractivity contribution in [2.75, 3.05) is 12.0 Å². The molecule has 0 radical (unpaired) electrons. The van der Waals surface area contributed by atoms with Crippen LogP contribution in [0.15, 0.2) is 41.7 Å². The molecule has 0 spiro atoms. The molecule has 0 fully saturated rings. The number of aryl methyl sites for hydroxylation is 4. The number of carbonyl (C=O) groups is 2. The minimum absolute atomic E-state index is 0.0342. The van der Waals surface area contributed by atoms with E-state index in [0.29, 0.717) is 48.7 Å². The number of aliphatic hydroxyl groups excluding tert-OH is 1. The van der Waals surface area contributed by atoms with Crippen molar-refractivity contribution in [2.45, 2.75) is 33.7 Å². The number of hydrogen-bond acceptors (Lipinski definition) is 9. The van der Waals surface area contributed by atoms with E-state index in [2.05, 4.69) is 9.97 Å². The molecule has 2 aromatic heterocycles. The van der Waals surface area contributed by atoms with Crippen LogP contribution < -0.4 is 9.64 Å². The highest BCUT2D eigenvalue weighted by atomic mass is 32.1. The number of aliphatic hydroxyl groups is 1. The number of aromatic nitrogens is 2. The molecule has 0 saturated heterocycles. The predicted molar refractivity (Wildman–Crippen MR) is 140 cm³/mol. The fraction of sp³-hybridized carbons (Fsp3) is 0.231. The van der Waals surface area contributed by atoms with Crippen molar-refractivity contribution in [3.8, 4) is 11.5 Å². The molecule has 10 heteroatoms. The highest BCUT2D eigenvalue weighted by Gasteiger charge is 2.46. The predicted octanol–water partition coefficient (Wildman–Crippen LogP) is 5.48. The molecule has 5 rings (SSSR count). The van der Waals surface area contributed by atoms with Crippen LogP contribution in [0.3, 0.4) is 0 Å². The first-order valence-electron chi connectivity index (χ1n) is 11.1. The summed E-state index contributed by atoms with van der Waals surface area (Å²) in [5.41, 5.74) is 2.93. The van der Waals surface area contributed by atoms with E-state index in [4.69, 9.17) is 4.74 Å². The summed E-state index contributed by atoms with van der Waals surface area (Å²) in [6, 6.07) is 7.90. The topological polar surface area (TPSA) is 113 Å². The Bertz CT molecular complexity index is 1580. The number of aromatic hydroxyl groups is 1. The van der Waals surface area contributed by atoms with E-state index in [9.17, 15) is 19.8 Å². The molecular weight excluding hydrogens is 498 g/mol. The lowest BCUT2D eigenvalue weighted by Gasteiger charge is -2.25. The number of amides is 1. The number of nitrogens with zero attached hydrogens (tertiary/aromatic N) is 3. The zero-order valence-corrected chi connectivity index (χ0v) is 21.9. The van der Waals surface area contributed by atoms with Gasteiger partial charge in [0, 0.05) is 0 Å². The van der Waals surface area contributed by atoms with Gasteiger partial charge < -0.3 is 14.9 Å². The summed E-state index contributed by atoms with van der Waals surface area (Å²) >= 11 is 2.48. The molecule has 36 heavy (non-hydrogen) atoms. The number of thiazole rings is 2. The fourth-order valence-corrected chi connectivity index (χ4v) is 6.38. The zero-order chi connectivity index (χ0) is 25.9. The van der Waals surface area contributed by atoms with Crippen LogP contribution in [0.2, 0.25) is 0 Å². The van der Waals surface area contributed by atoms with Crippen molar-refractivity contribution in [3.05, 3.63) is 73.9 Å². The van der Waals surface area contributed by atoms with Gasteiger partial charge in [0.05, 0.1) is 44.5 Å². The molecule has 1 atom stereocenters. The van der Waals surface area contributed by atoms with Crippen molar-refractivity contribution >= 4 is 49.7 Å². The van der Waals surface area contributed by atoms with Crippen LogP contribution in [0.1, 0.15) is 43.1 Å². The molecule has 0 aliphatic carbocycles. The molecule has 0 bridgehead atoms. The maximum absolute atomic E-state index is 13.8. The van der Waals surface area contributed by atoms with Crippen molar-refractivity contribution in [1.82, 2.24) is 9.97 Å². The molecule has 0 saturated carbocycles. The van der Waals surface area contributed by atoms with Crippen LogP contribution in [-0.2, 0) is 4.79 Å². The van der Waals surface area contributed by atoms with E-state index in [1.807, 2.05) is 6.07 Å². The van der Waals surface area contributed by atoms with Gasteiger partial charge in [-0.05, 0) is 74.7 Å². The lowest BCUT2D eigenvalue weighted by molar-refractivity contribution is -0.117. The lowest BCUT2D eigenvalue weighted by Crippen LogP contribution is -2.31. The van der Waals surface area contributed by atoms with Crippen LogP contribution >= 0.6 is 22.7 Å². The molecule has 4 aromatic rings. The first-order valence-corrected chi connectivity index (χ1v) is 12.7. The maximum Gasteiger partial charge on any atom is 0.296 e. The van der Waals surface area contributed by atoms with E-state index < -0.39 is 23.5 Å². The Kier molecular flexibility index (Phi) is 5.80. The number of benzene rings is 2. The lowest BCUT2D eigenvalue weighted by atomic mass is 9.92. The second kappa shape index (κ2) is 8.72. The standard InChI is InChI=1S/C26H23N3O5S2/c1-11-8-15(9-12(2)21(11)30)20-19(22(31)24-13(3)27-14(4)35-24)23(32)25(33)29(20)26-28-17-7-6-16(34-5)10-18(17)36-26/h6-10,20,30,32H,1-5H3. The third-order valence-electron chi connectivity index (χ3n) is 6.18. The van der Waals surface area contributed by atoms with E-state index in [1.54, 1.807) is 59.1 Å². The molecule has 1 unspecified atom stereocenters. The van der Waals surface area contributed by atoms with Gasteiger partial charge in [0.1, 0.15) is 11.5 Å². The second-order valence-corrected chi connectivity index (χ2v) is 10.9. The Morgan fingerprint density at radius 3 is 2.33 bits per heavy atom. The van der Waals surface area contributed by atoms with Crippen molar-refractivity contribution in [1.29, 1.82) is 0 Å². The van der Waals surface area contributed by atoms with Crippen LogP contribution in [0.25, 0.3) is 10.2 Å². The van der Waals surface area contributed by atoms with Crippen LogP contribution in [0.5, 0.6) is 11.5 Å². The normalized spacial score (nSPS) is 15.9. The third-order valence-corrected chi connectivity index (χ3v) is 8.27. The Hall–Kier alpha value is -3.76. The summed E-state index contributed by atoms with van der Waals surface area (Å²) in [5.74, 6) is -0.994. The van der Waals surface area contributed by atoms with Gasteiger partial charge in [0.2, 0.25) is 5.78 Å². The molecule has 1 aliphatic rings. The SMILES string of the molecule is COc1ccc2nc(N3C(=O)C(O)=C(C(=O)c4sc(C)nc4C)C3c3cc(C)c(O)c(C)c3)sc2c1. The molecule has 3 heterocycles. The largest absolute Gasteiger partial charge is 0.507 e. The number of rotatable bonds is 5. The molecule has 2 N–H and O–H groups in total. The maximum atomic E-state index is 13.8. The van der Waals surface area contributed by atoms with Crippen LogP contribution in [0.4, 0.5) is 5.13 Å². The Balaban J connectivity index is 1.72. The van der Waals surface area contributed by atoms with Crippen molar-refractivity contribution < 1.29 is 24.5 Å². The molecule has 1 amide bonds. The number of Topliss-reactive ketones (excluding diaryl/α,β-unsaturated/α-hetero) is 1. The molecule has 2 aromatic carbocycles. The number of phenolic OH excluding ortho intramolecular Hbond substituents is 1. The quantitative estimate of drug-likeness (QED) is 0.334. The highest BCUT2D eigenvalue weighted by Crippen LogP contribution is 2.46. The van der Waals surface area contributed by atoms with Gasteiger partial charge in [0.15, 0.2) is 10.9 Å². The average molecular weight is 522 g/mol. The summed E-state index contributed by atoms with van der Waals surface area (Å²) in [4.78, 5) is 38.0. The minimum atomic E-state index is -0.938. The summed E-state index contributed by atoms with van der Waals surface area (Å²) < 4.78 is 6.10. The summed E-state index contributed by atoms with van der Waals surface area (Å²) in [5, 5.41) is 22.5. The number of anilines is 1. The number of ketones is 1. The fourth-order valence-electron chi connectivity index (χ4n) is 4.48. The summed E-state index contributed by atoms with van der Waals surface area (Å²) in [6.45, 7) is 7.03. The average Bonchev–Trinajstić information content (AvgIpc) is 3.49. The first kappa shape index (κ1) is 24.0. The smallest absolute Gasteiger partial charge is 0.296 e. The third kappa shape index (κ3) is 3.73. The van der Waals surface area contributed by atoms with Gasteiger partial charge in [-0.1, -0.05) is 11.3 Å². The number of ether oxygens (including phenoxy) is 1. The molecule has 184 valence electrons. The number of fused-ring (bicyclic) bond motifs is 1. The first-order chi connectivity index (χ1) is 17.1. The zero-order valence-electron chi connectivity index (χ0n) is 20.2. The summed E-state index contributed by atoms with van der Waals surface area (Å²) in [7, 11) is 1.57. The number of hydrogen-bond donors (Lipinski definition) is 2. The summed E-state index contributed by atoms with van der Waals surface area (Å²) in [6.07, 6.45) is 0. The van der Waals surface area contributed by atoms with Gasteiger partial charge in [-0.2, -0.15) is 0 Å². The van der Waals surface area contributed by atoms with Crippen molar-refractivity contribution in [2.24, 2.45) is 0 Å². The minimum Gasteiger partial charge on any atom is -0.507 e. The monoisotopic (exact) mass is 521 g/mol. The molecule has 1 aliphatic heterocycles. The van der Waals surface area contributed by atoms with Gasteiger partial charge >= 0.3 is 0 Å². The van der Waals surface area contributed by atoms with Gasteiger partial charge in [0.25, 0.3) is 5.91 Å². The highest BCUT2D eigenvalue weighted by molar-refractivity contribution is 7.22. The molecular formula is C26H23N3O5S2. The van der Waals surface area contributed by atoms with Crippen molar-refractivity contribution in [3.63, 3.8) is 0 Å². The Morgan fingerprint density at radius 2 is 1.72 bits per heavy atom. The second-order valence-electron chi connectivity index (χ2n) is 8.65. The number of carbonyl (C=O) groups excluding carboxylic acids is 2. The van der Waals surface area contributed by atoms with Gasteiger partial charge in [-0.15, -0.1) is 11.3 Å². The van der Waals surface area contributed by atoms with E-state index >= 15 is 0 Å². The van der Waals surface area contributed by atoms with E-state index in [1.165, 1.54) is 27.6 Å². The number of methoxy groups -OCH3 is 1. The van der Waals surface area contributed by atoms with Gasteiger partial charge in [-0.3, -0.25) is 14.5 Å². The van der Waals surface area contributed by atoms with E-state index in [0.717, 1.165) is 4.70 Å². The molecule has 8 nitrogen and oxygen atoms in total. The van der Waals surface area contributed by atoms with Crippen LogP contribution in [0, 0.1) is 27.7 Å². The van der Waals surface area contributed by atoms with E-state index in [-0.39, 0.29) is 11.3 Å². The number of phenols is 1. The Labute approximate surface area is 215 Å². The van der Waals surface area contributed by atoms with Gasteiger partial charge in [-0.25, -0.2) is 9.97 Å². The van der Waals surface area contributed by atoms with Crippen LogP contribution in [-0.4, -0.2) is 39.0 Å². The Morgan fingerprint density at radius 1 is 1.03 bits per heavy atom.